The molecule has 0 aliphatic carbocycles. The molecule has 1 fully saturated rings. The summed E-state index contributed by atoms with van der Waals surface area (Å²) in [5.74, 6) is 0.760. The molecule has 2 N–H and O–H groups in total. The van der Waals surface area contributed by atoms with Crippen molar-refractivity contribution in [3.05, 3.63) is 27.8 Å². The second-order valence-electron chi connectivity index (χ2n) is 6.86. The molecule has 0 saturated carbocycles. The van der Waals surface area contributed by atoms with E-state index in [0.29, 0.717) is 17.1 Å². The van der Waals surface area contributed by atoms with E-state index in [1.165, 1.54) is 20.3 Å². The van der Waals surface area contributed by atoms with Gasteiger partial charge in [0.1, 0.15) is 0 Å². The highest BCUT2D eigenvalue weighted by atomic mass is 35.5. The van der Waals surface area contributed by atoms with Gasteiger partial charge in [-0.3, -0.25) is 15.0 Å². The van der Waals surface area contributed by atoms with Crippen molar-refractivity contribution in [2.45, 2.75) is 19.9 Å². The Morgan fingerprint density at radius 1 is 1.27 bits per heavy atom. The number of aliphatic hydroxyl groups excluding tert-OH is 1. The van der Waals surface area contributed by atoms with Gasteiger partial charge >= 0.3 is 0 Å². The van der Waals surface area contributed by atoms with Gasteiger partial charge in [0.25, 0.3) is 5.69 Å². The molecule has 0 radical (unpaired) electrons. The maximum atomic E-state index is 11.7. The summed E-state index contributed by atoms with van der Waals surface area (Å²) in [6, 6.07) is 2.75. The molecule has 8 nitrogen and oxygen atoms in total. The first-order valence-corrected chi connectivity index (χ1v) is 8.31. The fourth-order valence-corrected chi connectivity index (χ4v) is 3.40. The molecule has 148 valence electrons. The largest absolute Gasteiger partial charge is 0.493 e. The molecule has 0 spiro atoms. The van der Waals surface area contributed by atoms with Crippen molar-refractivity contribution in [1.82, 2.24) is 10.2 Å². The van der Waals surface area contributed by atoms with Crippen LogP contribution in [-0.4, -0.2) is 61.9 Å². The maximum absolute atomic E-state index is 11.7. The Bertz CT molecular complexity index is 621. The number of ether oxygens (including phenoxy) is 2. The number of aliphatic hydroxyl groups is 1. The quantitative estimate of drug-likeness (QED) is 0.543. The smallest absolute Gasteiger partial charge is 0.278 e. The van der Waals surface area contributed by atoms with Gasteiger partial charge in [-0.25, -0.2) is 0 Å². The van der Waals surface area contributed by atoms with E-state index >= 15 is 0 Å². The first-order chi connectivity index (χ1) is 11.9. The molecule has 26 heavy (non-hydrogen) atoms. The summed E-state index contributed by atoms with van der Waals surface area (Å²) in [7, 11) is 2.96. The third-order valence-corrected chi connectivity index (χ3v) is 4.69. The molecular formula is C17H28ClN3O5. The van der Waals surface area contributed by atoms with Gasteiger partial charge in [-0.1, -0.05) is 13.8 Å². The minimum absolute atomic E-state index is 0. The van der Waals surface area contributed by atoms with Crippen LogP contribution in [0.15, 0.2) is 12.1 Å². The van der Waals surface area contributed by atoms with Gasteiger partial charge in [0.15, 0.2) is 11.5 Å². The zero-order valence-electron chi connectivity index (χ0n) is 15.7. The van der Waals surface area contributed by atoms with Crippen LogP contribution in [0.2, 0.25) is 0 Å². The highest BCUT2D eigenvalue weighted by Crippen LogP contribution is 2.45. The second-order valence-corrected chi connectivity index (χ2v) is 6.86. The van der Waals surface area contributed by atoms with Gasteiger partial charge in [0.05, 0.1) is 30.8 Å². The third-order valence-electron chi connectivity index (χ3n) is 4.69. The normalized spacial score (nSPS) is 16.5. The van der Waals surface area contributed by atoms with Crippen molar-refractivity contribution in [3.8, 4) is 11.5 Å². The van der Waals surface area contributed by atoms with Crippen LogP contribution in [0.1, 0.15) is 25.5 Å². The monoisotopic (exact) mass is 389 g/mol. The number of nitro benzene ring substituents is 1. The molecule has 0 unspecified atom stereocenters. The highest BCUT2D eigenvalue weighted by molar-refractivity contribution is 5.85. The SMILES string of the molecule is COc1cc([C@H](N2CCNCC2)C(C)(C)CO)c([N+](=O)[O-])cc1OC.Cl. The molecule has 1 aromatic carbocycles. The lowest BCUT2D eigenvalue weighted by atomic mass is 9.79. The van der Waals surface area contributed by atoms with Crippen LogP contribution in [0.4, 0.5) is 5.69 Å². The predicted molar refractivity (Wildman–Crippen MR) is 101 cm³/mol. The summed E-state index contributed by atoms with van der Waals surface area (Å²) in [4.78, 5) is 13.5. The van der Waals surface area contributed by atoms with Gasteiger partial charge in [-0.2, -0.15) is 0 Å². The van der Waals surface area contributed by atoms with Crippen molar-refractivity contribution >= 4 is 18.1 Å². The van der Waals surface area contributed by atoms with E-state index in [9.17, 15) is 15.2 Å². The predicted octanol–water partition coefficient (Wildman–Crippen LogP) is 2.00. The number of nitrogens with one attached hydrogen (secondary N) is 1. The lowest BCUT2D eigenvalue weighted by molar-refractivity contribution is -0.386. The molecule has 0 aromatic heterocycles. The standard InChI is InChI=1S/C17H27N3O5.ClH/c1-17(2,11-21)16(19-7-5-18-6-8-19)12-9-14(24-3)15(25-4)10-13(12)20(22)23;/h9-10,16,18,21H,5-8,11H2,1-4H3;1H/t16-;/m0./s1. The van der Waals surface area contributed by atoms with Crippen molar-refractivity contribution in [1.29, 1.82) is 0 Å². The minimum atomic E-state index is -0.568. The van der Waals surface area contributed by atoms with E-state index in [-0.39, 0.29) is 30.7 Å². The summed E-state index contributed by atoms with van der Waals surface area (Å²) in [6.07, 6.45) is 0. The van der Waals surface area contributed by atoms with Gasteiger partial charge in [-0.15, -0.1) is 12.4 Å². The summed E-state index contributed by atoms with van der Waals surface area (Å²) >= 11 is 0. The number of benzene rings is 1. The van der Waals surface area contributed by atoms with Crippen LogP contribution in [0, 0.1) is 15.5 Å². The Balaban J connectivity index is 0.00000338. The fourth-order valence-electron chi connectivity index (χ4n) is 3.40. The number of halogens is 1. The molecule has 9 heteroatoms. The third kappa shape index (κ3) is 4.56. The summed E-state index contributed by atoms with van der Waals surface area (Å²) in [5.41, 5.74) is -0.0619. The Labute approximate surface area is 160 Å². The lowest BCUT2D eigenvalue weighted by Crippen LogP contribution is -2.49. The Morgan fingerprint density at radius 3 is 2.27 bits per heavy atom. The van der Waals surface area contributed by atoms with Crippen LogP contribution in [-0.2, 0) is 0 Å². The Morgan fingerprint density at radius 2 is 1.81 bits per heavy atom. The van der Waals surface area contributed by atoms with Crippen LogP contribution in [0.3, 0.4) is 0 Å². The molecule has 2 rings (SSSR count). The van der Waals surface area contributed by atoms with Crippen molar-refractivity contribution < 1.29 is 19.5 Å². The van der Waals surface area contributed by atoms with Crippen molar-refractivity contribution in [2.24, 2.45) is 5.41 Å². The summed E-state index contributed by atoms with van der Waals surface area (Å²) < 4.78 is 10.6. The number of hydrogen-bond donors (Lipinski definition) is 2. The van der Waals surface area contributed by atoms with E-state index in [1.54, 1.807) is 6.07 Å². The van der Waals surface area contributed by atoms with Crippen LogP contribution in [0.25, 0.3) is 0 Å². The molecule has 0 amide bonds. The van der Waals surface area contributed by atoms with Crippen LogP contribution in [0.5, 0.6) is 11.5 Å². The first-order valence-electron chi connectivity index (χ1n) is 8.31. The lowest BCUT2D eigenvalue weighted by Gasteiger charge is -2.43. The fraction of sp³-hybridized carbons (Fsp3) is 0.647. The second kappa shape index (κ2) is 9.36. The average Bonchev–Trinajstić information content (AvgIpc) is 2.61. The van der Waals surface area contributed by atoms with Gasteiger partial charge in [0, 0.05) is 44.2 Å². The number of rotatable bonds is 7. The number of methoxy groups -OCH3 is 2. The van der Waals surface area contributed by atoms with Gasteiger partial charge in [0.2, 0.25) is 0 Å². The number of hydrogen-bond acceptors (Lipinski definition) is 7. The zero-order valence-corrected chi connectivity index (χ0v) is 16.5. The Kier molecular flexibility index (Phi) is 8.08. The molecular weight excluding hydrogens is 362 g/mol. The van der Waals surface area contributed by atoms with Crippen molar-refractivity contribution in [2.75, 3.05) is 47.0 Å². The molecule has 1 aliphatic rings. The minimum Gasteiger partial charge on any atom is -0.493 e. The van der Waals surface area contributed by atoms with Crippen LogP contribution < -0.4 is 14.8 Å². The molecule has 0 bridgehead atoms. The van der Waals surface area contributed by atoms with E-state index in [0.717, 1.165) is 26.2 Å². The molecule has 1 aromatic rings. The topological polar surface area (TPSA) is 97.1 Å². The Hall–Kier alpha value is -1.61. The van der Waals surface area contributed by atoms with E-state index < -0.39 is 10.3 Å². The molecule has 1 heterocycles. The number of piperazine rings is 1. The van der Waals surface area contributed by atoms with Gasteiger partial charge < -0.3 is 19.9 Å². The summed E-state index contributed by atoms with van der Waals surface area (Å²) in [6.45, 7) is 6.85. The first kappa shape index (κ1) is 22.4. The van der Waals surface area contributed by atoms with Crippen LogP contribution >= 0.6 is 12.4 Å². The van der Waals surface area contributed by atoms with E-state index in [1.807, 2.05) is 13.8 Å². The van der Waals surface area contributed by atoms with Gasteiger partial charge in [-0.05, 0) is 6.07 Å². The average molecular weight is 390 g/mol. The molecule has 1 saturated heterocycles. The van der Waals surface area contributed by atoms with Crippen molar-refractivity contribution in [3.63, 3.8) is 0 Å². The molecule has 1 aliphatic heterocycles. The number of nitrogens with zero attached hydrogens (tertiary/aromatic N) is 2. The number of nitro groups is 1. The zero-order chi connectivity index (χ0) is 18.6. The molecule has 1 atom stereocenters. The highest BCUT2D eigenvalue weighted by Gasteiger charge is 2.40. The maximum Gasteiger partial charge on any atom is 0.278 e. The summed E-state index contributed by atoms with van der Waals surface area (Å²) in [5, 5.41) is 24.9. The van der Waals surface area contributed by atoms with E-state index in [4.69, 9.17) is 9.47 Å². The van der Waals surface area contributed by atoms with E-state index in [2.05, 4.69) is 10.2 Å².